The molecule has 0 amide bonds. The molecule has 0 aromatic heterocycles. The molecule has 11 heteroatoms. The molecule has 1 N–H and O–H groups in total. The molecule has 0 aliphatic heterocycles. The monoisotopic (exact) mass is 372 g/mol. The molecule has 0 spiro atoms. The van der Waals surface area contributed by atoms with Gasteiger partial charge < -0.3 is 38.1 Å². The van der Waals surface area contributed by atoms with Crippen molar-refractivity contribution in [2.75, 3.05) is 6.61 Å². The van der Waals surface area contributed by atoms with E-state index < -0.39 is 15.6 Å². The van der Waals surface area contributed by atoms with E-state index in [0.29, 0.717) is 0 Å². The molecule has 0 bridgehead atoms. The number of aliphatic hydroxyl groups excluding tert-OH is 1. The van der Waals surface area contributed by atoms with Crippen molar-refractivity contribution in [3.63, 3.8) is 0 Å². The van der Waals surface area contributed by atoms with Crippen LogP contribution in [0.15, 0.2) is 12.7 Å². The zero-order valence-corrected chi connectivity index (χ0v) is 11.6. The van der Waals surface area contributed by atoms with E-state index in [0.717, 1.165) is 0 Å². The van der Waals surface area contributed by atoms with Crippen molar-refractivity contribution in [2.24, 2.45) is 0 Å². The molecule has 0 unspecified atom stereocenters. The molecule has 0 aromatic carbocycles. The van der Waals surface area contributed by atoms with Gasteiger partial charge in [-0.3, -0.25) is 0 Å². The summed E-state index contributed by atoms with van der Waals surface area (Å²) < 4.78 is 21.2. The van der Waals surface area contributed by atoms with E-state index in [1.54, 1.807) is 0 Å². The van der Waals surface area contributed by atoms with Crippen molar-refractivity contribution in [3.05, 3.63) is 12.7 Å². The Morgan fingerprint density at radius 2 is 1.43 bits per heavy atom. The summed E-state index contributed by atoms with van der Waals surface area (Å²) in [6.07, 6.45) is 1.43. The summed E-state index contributed by atoms with van der Waals surface area (Å²) in [5.41, 5.74) is 0. The molecule has 0 aromatic rings. The fourth-order valence-electron chi connectivity index (χ4n) is 0.122. The maximum absolute atomic E-state index is 9.32. The van der Waals surface area contributed by atoms with Gasteiger partial charge in [0.15, 0.2) is 0 Å². The van der Waals surface area contributed by atoms with Crippen LogP contribution in [0.2, 0.25) is 0 Å². The SMILES string of the molecule is C=CCO.O=P([O-])([O-])OP(=O)([O-])[O-].[Ce+4]. The zero-order valence-electron chi connectivity index (χ0n) is 6.69. The Morgan fingerprint density at radius 3 is 1.43 bits per heavy atom. The molecule has 0 radical (unpaired) electrons. The fraction of sp³-hybridized carbons (Fsp3) is 0.333. The third-order valence-corrected chi connectivity index (χ3v) is 1.93. The van der Waals surface area contributed by atoms with Gasteiger partial charge in [0.1, 0.15) is 0 Å². The maximum atomic E-state index is 9.32. The van der Waals surface area contributed by atoms with Gasteiger partial charge in [0.2, 0.25) is 0 Å². The van der Waals surface area contributed by atoms with Crippen LogP contribution in [0.1, 0.15) is 0 Å². The molecule has 0 aliphatic carbocycles. The summed E-state index contributed by atoms with van der Waals surface area (Å²) >= 11 is 0. The van der Waals surface area contributed by atoms with Gasteiger partial charge in [-0.1, -0.05) is 6.08 Å². The summed E-state index contributed by atoms with van der Waals surface area (Å²) in [5.74, 6) is 0. The molecule has 0 fully saturated rings. The van der Waals surface area contributed by atoms with Crippen molar-refractivity contribution in [2.45, 2.75) is 0 Å². The smallest absolute Gasteiger partial charge is 0.790 e. The van der Waals surface area contributed by atoms with E-state index in [9.17, 15) is 28.7 Å². The number of aliphatic hydroxyl groups is 1. The van der Waals surface area contributed by atoms with Crippen molar-refractivity contribution < 1.29 is 79.9 Å². The molecule has 0 rings (SSSR count). The van der Waals surface area contributed by atoms with Crippen LogP contribution in [-0.4, -0.2) is 11.7 Å². The molecular formula is C3H6CeO8P2. The van der Waals surface area contributed by atoms with Gasteiger partial charge in [-0.25, -0.2) is 0 Å². The zero-order chi connectivity index (χ0) is 11.1. The molecule has 0 atom stereocenters. The first-order valence-electron chi connectivity index (χ1n) is 2.59. The first kappa shape index (κ1) is 20.7. The molecule has 0 heterocycles. The van der Waals surface area contributed by atoms with Gasteiger partial charge in [-0.05, 0) is 0 Å². The van der Waals surface area contributed by atoms with Crippen LogP contribution in [0.5, 0.6) is 0 Å². The number of hydrogen-bond acceptors (Lipinski definition) is 8. The van der Waals surface area contributed by atoms with Gasteiger partial charge in [-0.2, -0.15) is 0 Å². The number of rotatable bonds is 3. The molecule has 8 nitrogen and oxygen atoms in total. The predicted octanol–water partition coefficient (Wildman–Crippen LogP) is -3.17. The van der Waals surface area contributed by atoms with Crippen LogP contribution >= 0.6 is 15.6 Å². The summed E-state index contributed by atoms with van der Waals surface area (Å²) in [6.45, 7) is 3.31. The standard InChI is InChI=1S/C3H6O.Ce.H4O7P2/c1-2-3-4;;1-8(2,3)7-9(4,5)6/h2,4H,1,3H2;;(H2,1,2,3)(H2,4,5,6)/q;+4;/p-4. The number of hydrogen-bond donors (Lipinski definition) is 1. The van der Waals surface area contributed by atoms with Gasteiger partial charge in [-0.15, -0.1) is 6.58 Å². The third kappa shape index (κ3) is 29.2. The predicted molar refractivity (Wildman–Crippen MR) is 33.6 cm³/mol. The largest absolute Gasteiger partial charge is 4.00 e. The molecule has 0 saturated carbocycles. The first-order chi connectivity index (χ1) is 5.62. The Bertz CT molecular complexity index is 209. The Labute approximate surface area is 114 Å². The van der Waals surface area contributed by atoms with Gasteiger partial charge in [0, 0.05) is 0 Å². The second kappa shape index (κ2) is 9.55. The average molecular weight is 372 g/mol. The van der Waals surface area contributed by atoms with Gasteiger partial charge in [0.05, 0.1) is 22.3 Å². The minimum atomic E-state index is -5.68. The first-order valence-corrected chi connectivity index (χ1v) is 5.51. The van der Waals surface area contributed by atoms with E-state index in [2.05, 4.69) is 10.9 Å². The van der Waals surface area contributed by atoms with Gasteiger partial charge >= 0.3 is 41.7 Å². The Balaban J connectivity index is -0.000000209. The van der Waals surface area contributed by atoms with E-state index >= 15 is 0 Å². The van der Waals surface area contributed by atoms with Crippen LogP contribution in [0.4, 0.5) is 0 Å². The van der Waals surface area contributed by atoms with Crippen molar-refractivity contribution >= 4 is 15.6 Å². The van der Waals surface area contributed by atoms with E-state index in [1.807, 2.05) is 0 Å². The second-order valence-corrected chi connectivity index (χ2v) is 3.89. The van der Waals surface area contributed by atoms with Crippen LogP contribution in [-0.2, 0) is 13.4 Å². The van der Waals surface area contributed by atoms with Crippen LogP contribution < -0.4 is 19.6 Å². The van der Waals surface area contributed by atoms with Crippen LogP contribution in [0, 0.1) is 41.7 Å². The number of phosphoric acid groups is 2. The van der Waals surface area contributed by atoms with E-state index in [-0.39, 0.29) is 48.4 Å². The van der Waals surface area contributed by atoms with Crippen molar-refractivity contribution in [1.82, 2.24) is 0 Å². The second-order valence-electron chi connectivity index (χ2n) is 1.45. The topological polar surface area (TPSA) is 156 Å². The molecule has 14 heavy (non-hydrogen) atoms. The normalized spacial score (nSPS) is 10.6. The third-order valence-electron chi connectivity index (χ3n) is 0.329. The molecular weight excluding hydrogens is 366 g/mol. The summed E-state index contributed by atoms with van der Waals surface area (Å²) in [7, 11) is -11.4. The maximum Gasteiger partial charge on any atom is 4.00 e. The van der Waals surface area contributed by atoms with E-state index in [1.165, 1.54) is 6.08 Å². The summed E-state index contributed by atoms with van der Waals surface area (Å²) in [5, 5.41) is 7.76. The summed E-state index contributed by atoms with van der Waals surface area (Å²) in [4.78, 5) is 37.3. The quantitative estimate of drug-likeness (QED) is 0.402. The van der Waals surface area contributed by atoms with E-state index in [4.69, 9.17) is 5.11 Å². The minimum Gasteiger partial charge on any atom is -0.790 e. The molecule has 0 saturated heterocycles. The van der Waals surface area contributed by atoms with Gasteiger partial charge in [0.25, 0.3) is 0 Å². The van der Waals surface area contributed by atoms with Crippen molar-refractivity contribution in [1.29, 1.82) is 0 Å². The Kier molecular flexibility index (Phi) is 14.1. The molecule has 80 valence electrons. The fourth-order valence-corrected chi connectivity index (χ4v) is 1.10. The molecule has 0 aliphatic rings. The van der Waals surface area contributed by atoms with Crippen molar-refractivity contribution in [3.8, 4) is 0 Å². The average Bonchev–Trinajstić information content (AvgIpc) is 1.80. The minimum absolute atomic E-state index is 0. The summed E-state index contributed by atoms with van der Waals surface area (Å²) in [6, 6.07) is 0. The van der Waals surface area contributed by atoms with Crippen LogP contribution in [0.3, 0.4) is 0 Å². The Hall–Kier alpha value is 1.34. The Morgan fingerprint density at radius 1 is 1.21 bits per heavy atom. The van der Waals surface area contributed by atoms with Crippen LogP contribution in [0.25, 0.3) is 0 Å².